The molecule has 2 aromatic rings. The highest BCUT2D eigenvalue weighted by molar-refractivity contribution is 7.95. The maximum absolute atomic E-state index is 13.0. The van der Waals surface area contributed by atoms with E-state index in [1.165, 1.54) is 12.1 Å². The van der Waals surface area contributed by atoms with Crippen LogP contribution in [0.4, 0.5) is 0 Å². The molecule has 130 valence electrons. The number of hydrogen-bond donors (Lipinski definition) is 0. The van der Waals surface area contributed by atoms with E-state index in [1.54, 1.807) is 12.1 Å². The maximum atomic E-state index is 13.0. The van der Waals surface area contributed by atoms with E-state index in [-0.39, 0.29) is 21.3 Å². The number of carbonyl (C=O) groups is 1. The molecule has 2 atom stereocenters. The van der Waals surface area contributed by atoms with Crippen LogP contribution in [0.25, 0.3) is 0 Å². The number of fused-ring (bicyclic) bond motifs is 2. The number of ketones is 1. The molecule has 0 saturated heterocycles. The van der Waals surface area contributed by atoms with Crippen molar-refractivity contribution in [2.75, 3.05) is 0 Å². The Balaban J connectivity index is 1.55. The van der Waals surface area contributed by atoms with Crippen molar-refractivity contribution in [2.24, 2.45) is 5.92 Å². The van der Waals surface area contributed by atoms with E-state index in [2.05, 4.69) is 12.1 Å². The molecule has 2 radical (unpaired) electrons. The SMILES string of the molecule is O=C1[C]=C(S(=O)(=O)c2[c]cccc2)C2=C3C1C1=CCc4ccccc4C13O2. The van der Waals surface area contributed by atoms with E-state index < -0.39 is 21.4 Å². The average molecular weight is 372 g/mol. The molecule has 3 aliphatic carbocycles. The minimum Gasteiger partial charge on any atom is -0.472 e. The topological polar surface area (TPSA) is 60.4 Å². The summed E-state index contributed by atoms with van der Waals surface area (Å²) in [7, 11) is -3.92. The second kappa shape index (κ2) is 4.67. The van der Waals surface area contributed by atoms with Crippen LogP contribution >= 0.6 is 0 Å². The van der Waals surface area contributed by atoms with Crippen LogP contribution in [-0.4, -0.2) is 14.2 Å². The van der Waals surface area contributed by atoms with Gasteiger partial charge in [0.1, 0.15) is 10.7 Å². The summed E-state index contributed by atoms with van der Waals surface area (Å²) < 4.78 is 32.2. The summed E-state index contributed by atoms with van der Waals surface area (Å²) in [6, 6.07) is 17.0. The number of allylic oxidation sites excluding steroid dienone is 2. The second-order valence-corrected chi connectivity index (χ2v) is 8.88. The van der Waals surface area contributed by atoms with Crippen LogP contribution in [0.3, 0.4) is 0 Å². The summed E-state index contributed by atoms with van der Waals surface area (Å²) in [6.45, 7) is 0. The molecule has 6 rings (SSSR count). The standard InChI is InChI=1S/C22H12O4S/c23-17-12-18(27(24,25)14-7-2-1-3-8-14)21-20-19(17)16-11-10-13-6-4-5-9-15(13)22(16,20)26-21/h1-7,9,11,19H,10H2. The molecule has 2 aromatic carbocycles. The fourth-order valence-corrected chi connectivity index (χ4v) is 5.94. The number of carbonyl (C=O) groups excluding carboxylic acids is 1. The molecule has 2 unspecified atom stereocenters. The van der Waals surface area contributed by atoms with Gasteiger partial charge in [-0.1, -0.05) is 48.5 Å². The van der Waals surface area contributed by atoms with Gasteiger partial charge in [0.2, 0.25) is 9.84 Å². The van der Waals surface area contributed by atoms with Gasteiger partial charge < -0.3 is 4.74 Å². The van der Waals surface area contributed by atoms with Crippen LogP contribution in [0.5, 0.6) is 0 Å². The predicted molar refractivity (Wildman–Crippen MR) is 95.7 cm³/mol. The van der Waals surface area contributed by atoms with E-state index in [1.807, 2.05) is 30.3 Å². The molecule has 1 saturated carbocycles. The van der Waals surface area contributed by atoms with Gasteiger partial charge >= 0.3 is 0 Å². The first kappa shape index (κ1) is 15.2. The lowest BCUT2D eigenvalue weighted by atomic mass is 9.50. The normalized spacial score (nSPS) is 27.1. The molecule has 1 spiro atoms. The van der Waals surface area contributed by atoms with Gasteiger partial charge in [-0.15, -0.1) is 0 Å². The molecule has 1 aliphatic heterocycles. The zero-order chi connectivity index (χ0) is 18.4. The van der Waals surface area contributed by atoms with Crippen molar-refractivity contribution in [3.05, 3.63) is 99.7 Å². The number of rotatable bonds is 2. The molecule has 1 fully saturated rings. The van der Waals surface area contributed by atoms with Gasteiger partial charge in [-0.25, -0.2) is 8.42 Å². The third-order valence-electron chi connectivity index (χ3n) is 5.77. The fourth-order valence-electron chi connectivity index (χ4n) is 4.61. The predicted octanol–water partition coefficient (Wildman–Crippen LogP) is 2.82. The molecule has 1 heterocycles. The molecule has 0 amide bonds. The van der Waals surface area contributed by atoms with Crippen LogP contribution in [0, 0.1) is 18.1 Å². The lowest BCUT2D eigenvalue weighted by Gasteiger charge is -2.62. The summed E-state index contributed by atoms with van der Waals surface area (Å²) in [6.07, 6.45) is 5.36. The van der Waals surface area contributed by atoms with Crippen LogP contribution in [0.15, 0.2) is 81.3 Å². The van der Waals surface area contributed by atoms with E-state index in [0.29, 0.717) is 0 Å². The Morgan fingerprint density at radius 3 is 2.74 bits per heavy atom. The van der Waals surface area contributed by atoms with Gasteiger partial charge in [0.25, 0.3) is 0 Å². The first-order valence-electron chi connectivity index (χ1n) is 8.68. The van der Waals surface area contributed by atoms with Crippen LogP contribution < -0.4 is 0 Å². The van der Waals surface area contributed by atoms with E-state index in [9.17, 15) is 13.2 Å². The molecular weight excluding hydrogens is 360 g/mol. The summed E-state index contributed by atoms with van der Waals surface area (Å²) in [4.78, 5) is 12.6. The van der Waals surface area contributed by atoms with E-state index in [4.69, 9.17) is 4.74 Å². The fraction of sp³-hybridized carbons (Fsp3) is 0.136. The van der Waals surface area contributed by atoms with Crippen molar-refractivity contribution in [1.29, 1.82) is 0 Å². The third-order valence-corrected chi connectivity index (χ3v) is 7.43. The molecule has 0 aromatic heterocycles. The summed E-state index contributed by atoms with van der Waals surface area (Å²) >= 11 is 0. The Kier molecular flexibility index (Phi) is 2.62. The first-order chi connectivity index (χ1) is 13.0. The Morgan fingerprint density at radius 2 is 1.93 bits per heavy atom. The molecule has 5 heteroatoms. The second-order valence-electron chi connectivity index (χ2n) is 7.03. The lowest BCUT2D eigenvalue weighted by molar-refractivity contribution is -0.126. The smallest absolute Gasteiger partial charge is 0.211 e. The zero-order valence-corrected chi connectivity index (χ0v) is 14.8. The van der Waals surface area contributed by atoms with Gasteiger partial charge in [-0.05, 0) is 23.6 Å². The highest BCUT2D eigenvalue weighted by atomic mass is 32.2. The maximum Gasteiger partial charge on any atom is 0.211 e. The highest BCUT2D eigenvalue weighted by Crippen LogP contribution is 2.70. The zero-order valence-electron chi connectivity index (χ0n) is 14.0. The van der Waals surface area contributed by atoms with Gasteiger partial charge in [0, 0.05) is 17.2 Å². The Bertz CT molecular complexity index is 1250. The first-order valence-corrected chi connectivity index (χ1v) is 10.2. The monoisotopic (exact) mass is 372 g/mol. The largest absolute Gasteiger partial charge is 0.472 e. The number of hydrogen-bond acceptors (Lipinski definition) is 4. The van der Waals surface area contributed by atoms with Crippen molar-refractivity contribution in [2.45, 2.75) is 16.9 Å². The minimum absolute atomic E-state index is 0.00975. The van der Waals surface area contributed by atoms with Gasteiger partial charge in [0.15, 0.2) is 11.4 Å². The Morgan fingerprint density at radius 1 is 1.11 bits per heavy atom. The Hall–Kier alpha value is -2.92. The van der Waals surface area contributed by atoms with Crippen molar-refractivity contribution < 1.29 is 17.9 Å². The lowest BCUT2D eigenvalue weighted by Crippen LogP contribution is -2.61. The molecule has 27 heavy (non-hydrogen) atoms. The molecule has 4 nitrogen and oxygen atoms in total. The quantitative estimate of drug-likeness (QED) is 0.761. The third kappa shape index (κ3) is 1.60. The van der Waals surface area contributed by atoms with Gasteiger partial charge in [-0.3, -0.25) is 4.79 Å². The summed E-state index contributed by atoms with van der Waals surface area (Å²) in [5, 5.41) is 0. The molecular formula is C22H12O4S. The van der Waals surface area contributed by atoms with Gasteiger partial charge in [-0.2, -0.15) is 0 Å². The van der Waals surface area contributed by atoms with Crippen molar-refractivity contribution in [1.82, 2.24) is 0 Å². The summed E-state index contributed by atoms with van der Waals surface area (Å²) in [5.74, 6) is -0.459. The summed E-state index contributed by atoms with van der Waals surface area (Å²) in [5.41, 5.74) is 3.07. The van der Waals surface area contributed by atoms with Crippen molar-refractivity contribution >= 4 is 15.6 Å². The van der Waals surface area contributed by atoms with Crippen LogP contribution in [-0.2, 0) is 31.4 Å². The number of Topliss-reactive ketones (excluding diaryl/α,β-unsaturated/α-hetero) is 1. The number of benzene rings is 2. The molecule has 0 bridgehead atoms. The van der Waals surface area contributed by atoms with Crippen molar-refractivity contribution in [3.8, 4) is 0 Å². The van der Waals surface area contributed by atoms with E-state index >= 15 is 0 Å². The molecule has 4 aliphatic rings. The number of ether oxygens (including phenoxy) is 1. The van der Waals surface area contributed by atoms with Gasteiger partial charge in [0.05, 0.1) is 16.9 Å². The number of sulfone groups is 1. The Labute approximate surface area is 156 Å². The van der Waals surface area contributed by atoms with Crippen LogP contribution in [0.2, 0.25) is 0 Å². The van der Waals surface area contributed by atoms with Crippen LogP contribution in [0.1, 0.15) is 11.1 Å². The minimum atomic E-state index is -3.92. The van der Waals surface area contributed by atoms with E-state index in [0.717, 1.165) is 28.7 Å². The molecule has 0 N–H and O–H groups in total. The highest BCUT2D eigenvalue weighted by Gasteiger charge is 2.70. The van der Waals surface area contributed by atoms with Crippen molar-refractivity contribution in [3.63, 3.8) is 0 Å². The average Bonchev–Trinajstić information content (AvgIpc) is 2.67.